The third-order valence-electron chi connectivity index (χ3n) is 3.29. The van der Waals surface area contributed by atoms with E-state index in [-0.39, 0.29) is 0 Å². The SMILES string of the molecule is CCOc1cc(Br)ccc1CN1CCC(OC)C1. The molecule has 2 rings (SSSR count). The molecule has 1 aromatic rings. The Balaban J connectivity index is 2.04. The molecule has 1 saturated heterocycles. The van der Waals surface area contributed by atoms with Crippen molar-refractivity contribution >= 4 is 15.9 Å². The Bertz CT molecular complexity index is 397. The van der Waals surface area contributed by atoms with Gasteiger partial charge in [-0.2, -0.15) is 0 Å². The van der Waals surface area contributed by atoms with E-state index >= 15 is 0 Å². The van der Waals surface area contributed by atoms with Gasteiger partial charge in [0.15, 0.2) is 0 Å². The second-order valence-electron chi connectivity index (χ2n) is 4.57. The van der Waals surface area contributed by atoms with Crippen molar-refractivity contribution in [1.29, 1.82) is 0 Å². The first-order chi connectivity index (χ1) is 8.72. The minimum Gasteiger partial charge on any atom is -0.494 e. The zero-order valence-electron chi connectivity index (χ0n) is 11.0. The van der Waals surface area contributed by atoms with Crippen molar-refractivity contribution in [2.24, 2.45) is 0 Å². The molecule has 1 aliphatic rings. The molecule has 3 nitrogen and oxygen atoms in total. The molecule has 0 bridgehead atoms. The fraction of sp³-hybridized carbons (Fsp3) is 0.571. The van der Waals surface area contributed by atoms with Crippen molar-refractivity contribution in [3.05, 3.63) is 28.2 Å². The smallest absolute Gasteiger partial charge is 0.124 e. The van der Waals surface area contributed by atoms with Crippen molar-refractivity contribution in [2.45, 2.75) is 26.0 Å². The molecule has 0 radical (unpaired) electrons. The number of nitrogens with zero attached hydrogens (tertiary/aromatic N) is 1. The lowest BCUT2D eigenvalue weighted by atomic mass is 10.2. The number of benzene rings is 1. The maximum Gasteiger partial charge on any atom is 0.124 e. The van der Waals surface area contributed by atoms with E-state index in [0.29, 0.717) is 12.7 Å². The van der Waals surface area contributed by atoms with Crippen LogP contribution in [-0.4, -0.2) is 37.8 Å². The highest BCUT2D eigenvalue weighted by Gasteiger charge is 2.22. The largest absolute Gasteiger partial charge is 0.494 e. The van der Waals surface area contributed by atoms with Gasteiger partial charge in [-0.1, -0.05) is 22.0 Å². The van der Waals surface area contributed by atoms with Gasteiger partial charge >= 0.3 is 0 Å². The van der Waals surface area contributed by atoms with Gasteiger partial charge in [-0.05, 0) is 25.5 Å². The second kappa shape index (κ2) is 6.55. The average Bonchev–Trinajstić information content (AvgIpc) is 2.81. The highest BCUT2D eigenvalue weighted by atomic mass is 79.9. The molecule has 1 aliphatic heterocycles. The van der Waals surface area contributed by atoms with Gasteiger partial charge < -0.3 is 9.47 Å². The first-order valence-corrected chi connectivity index (χ1v) is 7.18. The van der Waals surface area contributed by atoms with Crippen LogP contribution in [0.5, 0.6) is 5.75 Å². The number of likely N-dealkylation sites (tertiary alicyclic amines) is 1. The molecule has 1 heterocycles. The predicted molar refractivity (Wildman–Crippen MR) is 76.0 cm³/mol. The molecule has 1 fully saturated rings. The molecule has 0 N–H and O–H groups in total. The Labute approximate surface area is 117 Å². The Hall–Kier alpha value is -0.580. The van der Waals surface area contributed by atoms with Crippen LogP contribution < -0.4 is 4.74 Å². The van der Waals surface area contributed by atoms with Crippen LogP contribution in [0.25, 0.3) is 0 Å². The quantitative estimate of drug-likeness (QED) is 0.834. The molecule has 18 heavy (non-hydrogen) atoms. The fourth-order valence-corrected chi connectivity index (χ4v) is 2.66. The highest BCUT2D eigenvalue weighted by Crippen LogP contribution is 2.26. The summed E-state index contributed by atoms with van der Waals surface area (Å²) in [5.74, 6) is 0.979. The summed E-state index contributed by atoms with van der Waals surface area (Å²) in [5, 5.41) is 0. The van der Waals surface area contributed by atoms with Crippen molar-refractivity contribution in [1.82, 2.24) is 4.90 Å². The van der Waals surface area contributed by atoms with Crippen LogP contribution in [0, 0.1) is 0 Å². The van der Waals surface area contributed by atoms with Crippen LogP contribution >= 0.6 is 15.9 Å². The molecule has 0 saturated carbocycles. The summed E-state index contributed by atoms with van der Waals surface area (Å²) in [6.45, 7) is 5.76. The molecule has 1 unspecified atom stereocenters. The molecule has 1 aromatic carbocycles. The summed E-state index contributed by atoms with van der Waals surface area (Å²) in [4.78, 5) is 2.42. The average molecular weight is 314 g/mol. The van der Waals surface area contributed by atoms with Gasteiger partial charge in [-0.15, -0.1) is 0 Å². The second-order valence-corrected chi connectivity index (χ2v) is 5.48. The standard InChI is InChI=1S/C14H20BrNO2/c1-3-18-14-8-12(15)5-4-11(14)9-16-7-6-13(10-16)17-2/h4-5,8,13H,3,6-7,9-10H2,1-2H3. The normalized spacial score (nSPS) is 20.3. The predicted octanol–water partition coefficient (Wildman–Crippen LogP) is 3.07. The number of hydrogen-bond acceptors (Lipinski definition) is 3. The first-order valence-electron chi connectivity index (χ1n) is 6.39. The maximum absolute atomic E-state index is 5.69. The Morgan fingerprint density at radius 2 is 2.28 bits per heavy atom. The van der Waals surface area contributed by atoms with Gasteiger partial charge in [-0.3, -0.25) is 4.90 Å². The van der Waals surface area contributed by atoms with Crippen molar-refractivity contribution in [2.75, 3.05) is 26.8 Å². The molecule has 4 heteroatoms. The van der Waals surface area contributed by atoms with Crippen LogP contribution in [0.15, 0.2) is 22.7 Å². The van der Waals surface area contributed by atoms with Crippen LogP contribution in [0.1, 0.15) is 18.9 Å². The third-order valence-corrected chi connectivity index (χ3v) is 3.78. The molecule has 0 spiro atoms. The topological polar surface area (TPSA) is 21.7 Å². The van der Waals surface area contributed by atoms with Gasteiger partial charge in [0.25, 0.3) is 0 Å². The fourth-order valence-electron chi connectivity index (χ4n) is 2.32. The number of rotatable bonds is 5. The minimum absolute atomic E-state index is 0.385. The monoisotopic (exact) mass is 313 g/mol. The Morgan fingerprint density at radius 3 is 2.94 bits per heavy atom. The summed E-state index contributed by atoms with van der Waals surface area (Å²) in [5.41, 5.74) is 1.25. The third kappa shape index (κ3) is 3.46. The lowest BCUT2D eigenvalue weighted by molar-refractivity contribution is 0.107. The van der Waals surface area contributed by atoms with Gasteiger partial charge in [-0.25, -0.2) is 0 Å². The van der Waals surface area contributed by atoms with Crippen LogP contribution in [0.2, 0.25) is 0 Å². The van der Waals surface area contributed by atoms with E-state index < -0.39 is 0 Å². The van der Waals surface area contributed by atoms with E-state index in [1.807, 2.05) is 13.0 Å². The number of hydrogen-bond donors (Lipinski definition) is 0. The molecule has 0 amide bonds. The van der Waals surface area contributed by atoms with Gasteiger partial charge in [0.1, 0.15) is 5.75 Å². The molecular weight excluding hydrogens is 294 g/mol. The van der Waals surface area contributed by atoms with E-state index in [1.54, 1.807) is 7.11 Å². The van der Waals surface area contributed by atoms with E-state index in [1.165, 1.54) is 5.56 Å². The first kappa shape index (κ1) is 13.8. The maximum atomic E-state index is 5.69. The van der Waals surface area contributed by atoms with Crippen LogP contribution in [0.4, 0.5) is 0 Å². The summed E-state index contributed by atoms with van der Waals surface area (Å²) >= 11 is 3.49. The van der Waals surface area contributed by atoms with E-state index in [0.717, 1.165) is 36.3 Å². The summed E-state index contributed by atoms with van der Waals surface area (Å²) < 4.78 is 12.1. The number of halogens is 1. The van der Waals surface area contributed by atoms with Gasteiger partial charge in [0, 0.05) is 36.8 Å². The van der Waals surface area contributed by atoms with Crippen molar-refractivity contribution in [3.63, 3.8) is 0 Å². The zero-order valence-corrected chi connectivity index (χ0v) is 12.6. The molecule has 0 aliphatic carbocycles. The summed E-state index contributed by atoms with van der Waals surface area (Å²) in [7, 11) is 1.79. The Kier molecular flexibility index (Phi) is 5.03. The number of ether oxygens (including phenoxy) is 2. The van der Waals surface area contributed by atoms with Crippen LogP contribution in [0.3, 0.4) is 0 Å². The lowest BCUT2D eigenvalue weighted by Gasteiger charge is -2.18. The summed E-state index contributed by atoms with van der Waals surface area (Å²) in [6, 6.07) is 6.25. The van der Waals surface area contributed by atoms with Crippen molar-refractivity contribution in [3.8, 4) is 5.75 Å². The van der Waals surface area contributed by atoms with Gasteiger partial charge in [0.05, 0.1) is 12.7 Å². The highest BCUT2D eigenvalue weighted by molar-refractivity contribution is 9.10. The van der Waals surface area contributed by atoms with E-state index in [2.05, 4.69) is 33.0 Å². The van der Waals surface area contributed by atoms with E-state index in [4.69, 9.17) is 9.47 Å². The zero-order chi connectivity index (χ0) is 13.0. The van der Waals surface area contributed by atoms with E-state index in [9.17, 15) is 0 Å². The Morgan fingerprint density at radius 1 is 1.44 bits per heavy atom. The van der Waals surface area contributed by atoms with Crippen molar-refractivity contribution < 1.29 is 9.47 Å². The molecule has 100 valence electrons. The molecular formula is C14H20BrNO2. The van der Waals surface area contributed by atoms with Crippen LogP contribution in [-0.2, 0) is 11.3 Å². The lowest BCUT2D eigenvalue weighted by Crippen LogP contribution is -2.22. The minimum atomic E-state index is 0.385. The molecule has 1 atom stereocenters. The summed E-state index contributed by atoms with van der Waals surface area (Å²) in [6.07, 6.45) is 1.51. The molecule has 0 aromatic heterocycles. The van der Waals surface area contributed by atoms with Gasteiger partial charge in [0.2, 0.25) is 0 Å². The number of methoxy groups -OCH3 is 1.